The lowest BCUT2D eigenvalue weighted by atomic mass is 10.2. The lowest BCUT2D eigenvalue weighted by molar-refractivity contribution is 0.122. The second-order valence-electron chi connectivity index (χ2n) is 6.24. The Kier molecular flexibility index (Phi) is 4.70. The normalized spacial score (nSPS) is 14.3. The van der Waals surface area contributed by atoms with Gasteiger partial charge in [0.05, 0.1) is 38.6 Å². The van der Waals surface area contributed by atoms with E-state index in [-0.39, 0.29) is 5.82 Å². The molecule has 0 unspecified atom stereocenters. The molecule has 0 amide bonds. The van der Waals surface area contributed by atoms with Crippen molar-refractivity contribution in [3.63, 3.8) is 0 Å². The van der Waals surface area contributed by atoms with Crippen molar-refractivity contribution in [1.29, 1.82) is 0 Å². The molecule has 0 aliphatic carbocycles. The molecule has 1 aliphatic rings. The highest BCUT2D eigenvalue weighted by atomic mass is 16.5. The zero-order chi connectivity index (χ0) is 19.7. The van der Waals surface area contributed by atoms with E-state index >= 15 is 0 Å². The summed E-state index contributed by atoms with van der Waals surface area (Å²) in [4.78, 5) is 20.1. The van der Waals surface area contributed by atoms with E-state index in [1.807, 2.05) is 0 Å². The maximum absolute atomic E-state index is 6.14. The number of methoxy groups -OCH3 is 2. The molecule has 1 fully saturated rings. The number of rotatable bonds is 4. The summed E-state index contributed by atoms with van der Waals surface area (Å²) < 4.78 is 16.0. The highest BCUT2D eigenvalue weighted by molar-refractivity contribution is 5.93. The maximum Gasteiger partial charge on any atom is 0.218 e. The van der Waals surface area contributed by atoms with Crippen LogP contribution >= 0.6 is 0 Å². The summed E-state index contributed by atoms with van der Waals surface area (Å²) >= 11 is 0. The number of nitrogens with zero attached hydrogens (tertiary/aromatic N) is 5. The second kappa shape index (κ2) is 7.31. The number of benzene rings is 1. The minimum absolute atomic E-state index is 0.286. The van der Waals surface area contributed by atoms with E-state index in [2.05, 4.69) is 24.8 Å². The van der Waals surface area contributed by atoms with Gasteiger partial charge < -0.3 is 30.6 Å². The van der Waals surface area contributed by atoms with Crippen LogP contribution in [0.15, 0.2) is 18.2 Å². The first-order chi connectivity index (χ1) is 13.6. The van der Waals surface area contributed by atoms with Gasteiger partial charge in [0.25, 0.3) is 0 Å². The van der Waals surface area contributed by atoms with Crippen molar-refractivity contribution >= 4 is 28.2 Å². The zero-order valence-corrected chi connectivity index (χ0v) is 15.7. The highest BCUT2D eigenvalue weighted by Crippen LogP contribution is 2.31. The minimum atomic E-state index is 0.286. The summed E-state index contributed by atoms with van der Waals surface area (Å²) in [7, 11) is 3.10. The summed E-state index contributed by atoms with van der Waals surface area (Å²) in [5, 5.41) is 0.637. The van der Waals surface area contributed by atoms with Gasteiger partial charge in [0.1, 0.15) is 17.4 Å². The Balaban J connectivity index is 1.83. The molecule has 28 heavy (non-hydrogen) atoms. The van der Waals surface area contributed by atoms with Gasteiger partial charge in [-0.1, -0.05) is 0 Å². The summed E-state index contributed by atoms with van der Waals surface area (Å²) in [5.41, 5.74) is 13.2. The molecule has 10 nitrogen and oxygen atoms in total. The van der Waals surface area contributed by atoms with Crippen molar-refractivity contribution < 1.29 is 14.2 Å². The largest absolute Gasteiger partial charge is 0.495 e. The van der Waals surface area contributed by atoms with Crippen LogP contribution in [0.25, 0.3) is 22.6 Å². The number of fused-ring (bicyclic) bond motifs is 1. The SMILES string of the molecule is COc1cc(N2CCOCC2)nc(-c2nc(N)c3cc(N)c(OC)cc3n2)n1. The van der Waals surface area contributed by atoms with Gasteiger partial charge in [-0.25, -0.2) is 15.0 Å². The monoisotopic (exact) mass is 383 g/mol. The van der Waals surface area contributed by atoms with Gasteiger partial charge in [-0.05, 0) is 6.07 Å². The zero-order valence-electron chi connectivity index (χ0n) is 15.7. The number of anilines is 3. The van der Waals surface area contributed by atoms with Crippen molar-refractivity contribution in [2.24, 2.45) is 0 Å². The first-order valence-corrected chi connectivity index (χ1v) is 8.76. The number of nitrogens with two attached hydrogens (primary N) is 2. The van der Waals surface area contributed by atoms with Crippen LogP contribution in [0.3, 0.4) is 0 Å². The Labute approximate surface area is 161 Å². The summed E-state index contributed by atoms with van der Waals surface area (Å²) in [5.74, 6) is 2.56. The van der Waals surface area contributed by atoms with Crippen LogP contribution in [0.4, 0.5) is 17.3 Å². The predicted octanol–water partition coefficient (Wildman–Crippen LogP) is 1.10. The molecule has 3 heterocycles. The third-order valence-electron chi connectivity index (χ3n) is 4.51. The van der Waals surface area contributed by atoms with Gasteiger partial charge in [0.2, 0.25) is 11.7 Å². The number of aromatic nitrogens is 4. The second-order valence-corrected chi connectivity index (χ2v) is 6.24. The molecule has 0 spiro atoms. The summed E-state index contributed by atoms with van der Waals surface area (Å²) in [6.07, 6.45) is 0. The van der Waals surface area contributed by atoms with E-state index in [1.165, 1.54) is 0 Å². The van der Waals surface area contributed by atoms with Gasteiger partial charge >= 0.3 is 0 Å². The van der Waals surface area contributed by atoms with Crippen molar-refractivity contribution in [1.82, 2.24) is 19.9 Å². The van der Waals surface area contributed by atoms with Gasteiger partial charge in [-0.2, -0.15) is 4.98 Å². The fourth-order valence-electron chi connectivity index (χ4n) is 3.05. The Morgan fingerprint density at radius 2 is 1.68 bits per heavy atom. The number of hydrogen-bond donors (Lipinski definition) is 2. The van der Waals surface area contributed by atoms with E-state index in [4.69, 9.17) is 25.7 Å². The molecular weight excluding hydrogens is 362 g/mol. The fourth-order valence-corrected chi connectivity index (χ4v) is 3.05. The smallest absolute Gasteiger partial charge is 0.218 e. The van der Waals surface area contributed by atoms with E-state index < -0.39 is 0 Å². The van der Waals surface area contributed by atoms with Crippen LogP contribution in [0.1, 0.15) is 0 Å². The van der Waals surface area contributed by atoms with Crippen LogP contribution in [-0.2, 0) is 4.74 Å². The fraction of sp³-hybridized carbons (Fsp3) is 0.333. The van der Waals surface area contributed by atoms with E-state index in [0.717, 1.165) is 18.9 Å². The number of nitrogen functional groups attached to an aromatic ring is 2. The van der Waals surface area contributed by atoms with Crippen molar-refractivity contribution in [3.05, 3.63) is 18.2 Å². The predicted molar refractivity (Wildman–Crippen MR) is 106 cm³/mol. The van der Waals surface area contributed by atoms with Crippen molar-refractivity contribution in [2.45, 2.75) is 0 Å². The molecule has 3 aromatic rings. The quantitative estimate of drug-likeness (QED) is 0.631. The Morgan fingerprint density at radius 1 is 0.929 bits per heavy atom. The molecule has 146 valence electrons. The topological polar surface area (TPSA) is 135 Å². The molecule has 0 bridgehead atoms. The minimum Gasteiger partial charge on any atom is -0.495 e. The van der Waals surface area contributed by atoms with Gasteiger partial charge in [0, 0.05) is 30.6 Å². The van der Waals surface area contributed by atoms with Gasteiger partial charge in [-0.15, -0.1) is 0 Å². The van der Waals surface area contributed by atoms with Crippen LogP contribution in [0.2, 0.25) is 0 Å². The van der Waals surface area contributed by atoms with E-state index in [0.29, 0.717) is 53.1 Å². The summed E-state index contributed by atoms with van der Waals surface area (Å²) in [6, 6.07) is 5.19. The molecule has 10 heteroatoms. The molecule has 4 N–H and O–H groups in total. The Bertz CT molecular complexity index is 1020. The molecule has 0 saturated carbocycles. The maximum atomic E-state index is 6.14. The van der Waals surface area contributed by atoms with Crippen LogP contribution in [0.5, 0.6) is 11.6 Å². The summed E-state index contributed by atoms with van der Waals surface area (Å²) in [6.45, 7) is 2.75. The molecule has 4 rings (SSSR count). The molecule has 1 saturated heterocycles. The third kappa shape index (κ3) is 3.29. The molecule has 0 atom stereocenters. The Hall–Kier alpha value is -3.40. The van der Waals surface area contributed by atoms with Crippen LogP contribution in [-0.4, -0.2) is 60.5 Å². The Morgan fingerprint density at radius 3 is 2.39 bits per heavy atom. The van der Waals surface area contributed by atoms with E-state index in [1.54, 1.807) is 32.4 Å². The van der Waals surface area contributed by atoms with Gasteiger partial charge in [-0.3, -0.25) is 0 Å². The van der Waals surface area contributed by atoms with Gasteiger partial charge in [0.15, 0.2) is 5.82 Å². The first-order valence-electron chi connectivity index (χ1n) is 8.76. The highest BCUT2D eigenvalue weighted by Gasteiger charge is 2.18. The first kappa shape index (κ1) is 18.0. The molecule has 1 aliphatic heterocycles. The lowest BCUT2D eigenvalue weighted by Crippen LogP contribution is -2.36. The number of hydrogen-bond acceptors (Lipinski definition) is 10. The molecule has 2 aromatic heterocycles. The molecule has 1 aromatic carbocycles. The average molecular weight is 383 g/mol. The number of morpholine rings is 1. The van der Waals surface area contributed by atoms with Crippen LogP contribution in [0, 0.1) is 0 Å². The standard InChI is InChI=1S/C18H21N7O3/c1-26-13-8-12-10(7-11(13)19)16(20)24-17(21-12)18-22-14(9-15(23-18)27-2)25-3-5-28-6-4-25/h7-9H,3-6,19H2,1-2H3,(H2,20,21,24). The average Bonchev–Trinajstić information content (AvgIpc) is 2.74. The molecular formula is C18H21N7O3. The van der Waals surface area contributed by atoms with Crippen molar-refractivity contribution in [3.8, 4) is 23.3 Å². The van der Waals surface area contributed by atoms with Crippen molar-refractivity contribution in [2.75, 3.05) is 56.9 Å². The lowest BCUT2D eigenvalue weighted by Gasteiger charge is -2.28. The third-order valence-corrected chi connectivity index (χ3v) is 4.51. The number of ether oxygens (including phenoxy) is 3. The van der Waals surface area contributed by atoms with E-state index in [9.17, 15) is 0 Å². The van der Waals surface area contributed by atoms with Crippen LogP contribution < -0.4 is 25.8 Å². The molecule has 0 radical (unpaired) electrons.